The van der Waals surface area contributed by atoms with Crippen LogP contribution < -0.4 is 5.73 Å². The van der Waals surface area contributed by atoms with Crippen LogP contribution in [0.1, 0.15) is 10.7 Å². The van der Waals surface area contributed by atoms with E-state index in [2.05, 4.69) is 10.1 Å². The van der Waals surface area contributed by atoms with Gasteiger partial charge in [0.1, 0.15) is 5.82 Å². The van der Waals surface area contributed by atoms with Crippen molar-refractivity contribution in [2.24, 2.45) is 0 Å². The summed E-state index contributed by atoms with van der Waals surface area (Å²) in [5, 5.41) is 4.77. The zero-order valence-electron chi connectivity index (χ0n) is 11.0. The number of aryl methyl sites for hydroxylation is 2. The summed E-state index contributed by atoms with van der Waals surface area (Å²) in [6.07, 6.45) is 0. The first-order valence-corrected chi connectivity index (χ1v) is 6.83. The standard InChI is InChI=1S/C14H12FN3OS/c1-7-13(20-8(2)17-7)12-11(14(16)18-19-12)9-3-5-10(15)6-4-9/h3-6H,1-2H3,(H2,16,18). The van der Waals surface area contributed by atoms with Crippen molar-refractivity contribution >= 4 is 17.2 Å². The Labute approximate surface area is 119 Å². The summed E-state index contributed by atoms with van der Waals surface area (Å²) in [5.41, 5.74) is 8.21. The Kier molecular flexibility index (Phi) is 3.02. The lowest BCUT2D eigenvalue weighted by Gasteiger charge is -2.01. The number of nitrogens with two attached hydrogens (primary N) is 1. The number of hydrogen-bond acceptors (Lipinski definition) is 5. The smallest absolute Gasteiger partial charge is 0.188 e. The molecule has 3 rings (SSSR count). The Hall–Kier alpha value is -2.21. The Bertz CT molecular complexity index is 761. The molecular weight excluding hydrogens is 277 g/mol. The van der Waals surface area contributed by atoms with Gasteiger partial charge in [-0.05, 0) is 31.5 Å². The Balaban J connectivity index is 2.19. The molecule has 6 heteroatoms. The second-order valence-corrected chi connectivity index (χ2v) is 5.63. The number of nitrogen functional groups attached to an aromatic ring is 1. The van der Waals surface area contributed by atoms with Gasteiger partial charge >= 0.3 is 0 Å². The molecule has 20 heavy (non-hydrogen) atoms. The van der Waals surface area contributed by atoms with Crippen molar-refractivity contribution in [1.29, 1.82) is 0 Å². The molecule has 2 heterocycles. The minimum absolute atomic E-state index is 0.289. The highest BCUT2D eigenvalue weighted by Crippen LogP contribution is 2.40. The molecule has 2 N–H and O–H groups in total. The molecule has 0 bridgehead atoms. The summed E-state index contributed by atoms with van der Waals surface area (Å²) < 4.78 is 18.4. The van der Waals surface area contributed by atoms with Crippen molar-refractivity contribution in [2.75, 3.05) is 5.73 Å². The van der Waals surface area contributed by atoms with Crippen LogP contribution in [0.5, 0.6) is 0 Å². The lowest BCUT2D eigenvalue weighted by molar-refractivity contribution is 0.436. The van der Waals surface area contributed by atoms with E-state index in [-0.39, 0.29) is 11.6 Å². The molecular formula is C14H12FN3OS. The number of rotatable bonds is 2. The highest BCUT2D eigenvalue weighted by molar-refractivity contribution is 7.15. The van der Waals surface area contributed by atoms with Crippen LogP contribution in [0, 0.1) is 19.7 Å². The Morgan fingerprint density at radius 1 is 1.20 bits per heavy atom. The van der Waals surface area contributed by atoms with Crippen LogP contribution in [0.25, 0.3) is 21.8 Å². The third-order valence-corrected chi connectivity index (χ3v) is 4.03. The fourth-order valence-electron chi connectivity index (χ4n) is 2.09. The van der Waals surface area contributed by atoms with Crippen molar-refractivity contribution in [3.63, 3.8) is 0 Å². The van der Waals surface area contributed by atoms with E-state index in [0.29, 0.717) is 11.3 Å². The molecule has 0 amide bonds. The number of halogens is 1. The van der Waals surface area contributed by atoms with Crippen molar-refractivity contribution in [3.05, 3.63) is 40.8 Å². The molecule has 0 saturated heterocycles. The number of benzene rings is 1. The molecule has 1 aromatic carbocycles. The number of thiazole rings is 1. The predicted octanol–water partition coefficient (Wildman–Crippen LogP) is 3.80. The molecule has 0 saturated carbocycles. The van der Waals surface area contributed by atoms with Crippen LogP contribution in [0.4, 0.5) is 10.2 Å². The van der Waals surface area contributed by atoms with E-state index < -0.39 is 0 Å². The molecule has 0 radical (unpaired) electrons. The highest BCUT2D eigenvalue weighted by atomic mass is 32.1. The van der Waals surface area contributed by atoms with Crippen molar-refractivity contribution < 1.29 is 8.91 Å². The zero-order valence-corrected chi connectivity index (χ0v) is 11.8. The van der Waals surface area contributed by atoms with Gasteiger partial charge in [-0.2, -0.15) is 0 Å². The van der Waals surface area contributed by atoms with E-state index in [9.17, 15) is 4.39 Å². The zero-order chi connectivity index (χ0) is 14.3. The molecule has 0 fully saturated rings. The van der Waals surface area contributed by atoms with Gasteiger partial charge in [0.2, 0.25) is 0 Å². The molecule has 0 atom stereocenters. The molecule has 0 aliphatic carbocycles. The summed E-state index contributed by atoms with van der Waals surface area (Å²) in [7, 11) is 0. The van der Waals surface area contributed by atoms with Gasteiger partial charge in [-0.25, -0.2) is 9.37 Å². The van der Waals surface area contributed by atoms with E-state index in [4.69, 9.17) is 10.3 Å². The molecule has 0 aliphatic heterocycles. The van der Waals surface area contributed by atoms with Gasteiger partial charge in [0, 0.05) is 0 Å². The molecule has 0 aliphatic rings. The van der Waals surface area contributed by atoms with Gasteiger partial charge in [0.25, 0.3) is 0 Å². The third kappa shape index (κ3) is 2.08. The first kappa shape index (κ1) is 12.8. The number of nitrogens with zero attached hydrogens (tertiary/aromatic N) is 2. The summed E-state index contributed by atoms with van der Waals surface area (Å²) in [6.45, 7) is 3.84. The van der Waals surface area contributed by atoms with Gasteiger partial charge < -0.3 is 10.3 Å². The summed E-state index contributed by atoms with van der Waals surface area (Å²) in [5.74, 6) is 0.574. The lowest BCUT2D eigenvalue weighted by Crippen LogP contribution is -1.89. The Morgan fingerprint density at radius 2 is 1.90 bits per heavy atom. The van der Waals surface area contributed by atoms with Crippen LogP contribution in [0.3, 0.4) is 0 Å². The SMILES string of the molecule is Cc1nc(C)c(-c2onc(N)c2-c2ccc(F)cc2)s1. The first-order valence-electron chi connectivity index (χ1n) is 6.01. The number of hydrogen-bond donors (Lipinski definition) is 1. The maximum absolute atomic E-state index is 13.0. The maximum atomic E-state index is 13.0. The van der Waals surface area contributed by atoms with Crippen LogP contribution in [0.15, 0.2) is 28.8 Å². The average molecular weight is 289 g/mol. The fourth-order valence-corrected chi connectivity index (χ4v) is 3.00. The van der Waals surface area contributed by atoms with E-state index in [0.717, 1.165) is 21.1 Å². The van der Waals surface area contributed by atoms with E-state index in [1.807, 2.05) is 13.8 Å². The van der Waals surface area contributed by atoms with Gasteiger partial charge in [-0.15, -0.1) is 11.3 Å². The highest BCUT2D eigenvalue weighted by Gasteiger charge is 2.21. The van der Waals surface area contributed by atoms with E-state index in [1.165, 1.54) is 23.5 Å². The van der Waals surface area contributed by atoms with Gasteiger partial charge in [-0.3, -0.25) is 0 Å². The minimum Gasteiger partial charge on any atom is -0.380 e. The van der Waals surface area contributed by atoms with Crippen molar-refractivity contribution in [1.82, 2.24) is 10.1 Å². The topological polar surface area (TPSA) is 64.9 Å². The second kappa shape index (κ2) is 4.72. The fraction of sp³-hybridized carbons (Fsp3) is 0.143. The van der Waals surface area contributed by atoms with Gasteiger partial charge in [0.05, 0.1) is 21.1 Å². The van der Waals surface area contributed by atoms with Crippen molar-refractivity contribution in [2.45, 2.75) is 13.8 Å². The maximum Gasteiger partial charge on any atom is 0.188 e. The predicted molar refractivity (Wildman–Crippen MR) is 76.9 cm³/mol. The largest absolute Gasteiger partial charge is 0.380 e. The van der Waals surface area contributed by atoms with Crippen LogP contribution in [-0.4, -0.2) is 10.1 Å². The summed E-state index contributed by atoms with van der Waals surface area (Å²) in [4.78, 5) is 5.27. The van der Waals surface area contributed by atoms with Crippen molar-refractivity contribution in [3.8, 4) is 21.8 Å². The number of aromatic nitrogens is 2. The first-order chi connectivity index (χ1) is 9.56. The van der Waals surface area contributed by atoms with Crippen LogP contribution in [0.2, 0.25) is 0 Å². The van der Waals surface area contributed by atoms with E-state index in [1.54, 1.807) is 12.1 Å². The molecule has 4 nitrogen and oxygen atoms in total. The van der Waals surface area contributed by atoms with Gasteiger partial charge in [0.15, 0.2) is 11.6 Å². The molecule has 102 valence electrons. The molecule has 0 unspecified atom stereocenters. The summed E-state index contributed by atoms with van der Waals surface area (Å²) >= 11 is 1.52. The van der Waals surface area contributed by atoms with Crippen LogP contribution >= 0.6 is 11.3 Å². The molecule has 3 aromatic rings. The second-order valence-electron chi connectivity index (χ2n) is 4.43. The van der Waals surface area contributed by atoms with Crippen LogP contribution in [-0.2, 0) is 0 Å². The molecule has 0 spiro atoms. The number of anilines is 1. The third-order valence-electron chi connectivity index (χ3n) is 2.96. The monoisotopic (exact) mass is 289 g/mol. The average Bonchev–Trinajstić information content (AvgIpc) is 2.93. The summed E-state index contributed by atoms with van der Waals surface area (Å²) in [6, 6.07) is 6.09. The quantitative estimate of drug-likeness (QED) is 0.779. The molecule has 2 aromatic heterocycles. The van der Waals surface area contributed by atoms with Gasteiger partial charge in [-0.1, -0.05) is 17.3 Å². The van der Waals surface area contributed by atoms with E-state index >= 15 is 0 Å². The Morgan fingerprint density at radius 3 is 2.50 bits per heavy atom. The normalized spacial score (nSPS) is 10.9. The minimum atomic E-state index is -0.296. The lowest BCUT2D eigenvalue weighted by atomic mass is 10.0.